The summed E-state index contributed by atoms with van der Waals surface area (Å²) in [6.45, 7) is 5.70. The largest absolute Gasteiger partial charge is 0.480 e. The van der Waals surface area contributed by atoms with Gasteiger partial charge in [-0.3, -0.25) is 0 Å². The number of carbonyl (C=O) groups is 2. The van der Waals surface area contributed by atoms with E-state index in [9.17, 15) is 23.1 Å². The molecular formula is C18H28N2O6S. The van der Waals surface area contributed by atoms with Crippen LogP contribution in [0.5, 0.6) is 0 Å². The van der Waals surface area contributed by atoms with Gasteiger partial charge in [-0.1, -0.05) is 31.5 Å². The zero-order valence-electron chi connectivity index (χ0n) is 15.9. The third-order valence-corrected chi connectivity index (χ3v) is 5.59. The fraction of sp³-hybridized carbons (Fsp3) is 0.556. The average molecular weight is 400 g/mol. The van der Waals surface area contributed by atoms with E-state index in [4.69, 9.17) is 10.5 Å². The number of carbonyl (C=O) groups excluding carboxylic acids is 1. The van der Waals surface area contributed by atoms with Crippen molar-refractivity contribution in [2.45, 2.75) is 51.0 Å². The van der Waals surface area contributed by atoms with Gasteiger partial charge in [-0.25, -0.2) is 18.0 Å². The van der Waals surface area contributed by atoms with E-state index in [2.05, 4.69) is 0 Å². The van der Waals surface area contributed by atoms with E-state index < -0.39 is 28.1 Å². The molecule has 1 atom stereocenters. The molecule has 0 radical (unpaired) electrons. The number of carboxylic acids is 1. The number of carboxylic acid groups (broad SMARTS) is 1. The summed E-state index contributed by atoms with van der Waals surface area (Å²) in [4.78, 5) is 24.1. The van der Waals surface area contributed by atoms with Gasteiger partial charge in [-0.2, -0.15) is 4.31 Å². The fourth-order valence-electron chi connectivity index (χ4n) is 2.34. The van der Waals surface area contributed by atoms with Crippen LogP contribution in [-0.4, -0.2) is 49.1 Å². The maximum absolute atomic E-state index is 13.0. The number of hydrogen-bond acceptors (Lipinski definition) is 6. The molecular weight excluding hydrogens is 372 g/mol. The number of sulfonamides is 1. The van der Waals surface area contributed by atoms with Crippen LogP contribution in [0.25, 0.3) is 0 Å². The number of ether oxygens (including phenoxy) is 1. The molecule has 27 heavy (non-hydrogen) atoms. The van der Waals surface area contributed by atoms with Crippen molar-refractivity contribution in [2.24, 2.45) is 11.7 Å². The number of rotatable bonds is 10. The highest BCUT2D eigenvalue weighted by Gasteiger charge is 2.40. The second kappa shape index (κ2) is 10.3. The van der Waals surface area contributed by atoms with Crippen molar-refractivity contribution in [1.29, 1.82) is 0 Å². The highest BCUT2D eigenvalue weighted by atomic mass is 32.2. The van der Waals surface area contributed by atoms with E-state index in [1.54, 1.807) is 32.9 Å². The maximum atomic E-state index is 13.0. The topological polar surface area (TPSA) is 127 Å². The summed E-state index contributed by atoms with van der Waals surface area (Å²) in [6.07, 6.45) is -0.355. The van der Waals surface area contributed by atoms with E-state index in [0.29, 0.717) is 23.7 Å². The summed E-state index contributed by atoms with van der Waals surface area (Å²) in [5, 5.41) is 9.58. The first-order chi connectivity index (χ1) is 12.6. The van der Waals surface area contributed by atoms with Gasteiger partial charge in [0.05, 0.1) is 11.5 Å². The standard InChI is InChI=1S/C18H28N2O6S/c1-13(2)12-26-18(23)20(16(17(21)22)6-4-5-11-19)27(24,25)15-9-7-14(3)8-10-15/h7-10,13,16H,4-6,11-12,19H2,1-3H3,(H,21,22)/t16-/m1/s1. The maximum Gasteiger partial charge on any atom is 0.424 e. The first kappa shape index (κ1) is 22.9. The molecule has 0 spiro atoms. The molecule has 1 amide bonds. The summed E-state index contributed by atoms with van der Waals surface area (Å²) in [5.74, 6) is -1.44. The van der Waals surface area contributed by atoms with Crippen molar-refractivity contribution in [3.8, 4) is 0 Å². The lowest BCUT2D eigenvalue weighted by atomic mass is 10.1. The van der Waals surface area contributed by atoms with Gasteiger partial charge in [0.2, 0.25) is 0 Å². The predicted octanol–water partition coefficient (Wildman–Crippen LogP) is 2.36. The van der Waals surface area contributed by atoms with Crippen LogP contribution in [0.2, 0.25) is 0 Å². The lowest BCUT2D eigenvalue weighted by Gasteiger charge is -2.28. The van der Waals surface area contributed by atoms with E-state index in [1.165, 1.54) is 12.1 Å². The highest BCUT2D eigenvalue weighted by molar-refractivity contribution is 7.89. The zero-order chi connectivity index (χ0) is 20.6. The quantitative estimate of drug-likeness (QED) is 0.577. The Labute approximate surface area is 160 Å². The normalized spacial score (nSPS) is 12.6. The van der Waals surface area contributed by atoms with Crippen LogP contribution in [-0.2, 0) is 19.6 Å². The van der Waals surface area contributed by atoms with Gasteiger partial charge in [0.25, 0.3) is 10.0 Å². The highest BCUT2D eigenvalue weighted by Crippen LogP contribution is 2.23. The Kier molecular flexibility index (Phi) is 8.71. The van der Waals surface area contributed by atoms with Crippen LogP contribution in [0.4, 0.5) is 4.79 Å². The van der Waals surface area contributed by atoms with Gasteiger partial charge in [-0.05, 0) is 50.8 Å². The van der Waals surface area contributed by atoms with Crippen LogP contribution in [0, 0.1) is 12.8 Å². The number of nitrogens with two attached hydrogens (primary N) is 1. The van der Waals surface area contributed by atoms with E-state index >= 15 is 0 Å². The minimum atomic E-state index is -4.40. The SMILES string of the molecule is Cc1ccc(S(=O)(=O)N(C(=O)OCC(C)C)[C@H](CCCCN)C(=O)O)cc1. The van der Waals surface area contributed by atoms with E-state index in [-0.39, 0.29) is 23.8 Å². The number of aryl methyl sites for hydroxylation is 1. The molecule has 0 aliphatic carbocycles. The summed E-state index contributed by atoms with van der Waals surface area (Å²) in [6, 6.07) is 4.27. The molecule has 0 aliphatic rings. The Morgan fingerprint density at radius 1 is 1.19 bits per heavy atom. The lowest BCUT2D eigenvalue weighted by Crippen LogP contribution is -2.49. The Morgan fingerprint density at radius 2 is 1.78 bits per heavy atom. The van der Waals surface area contributed by atoms with E-state index in [0.717, 1.165) is 5.56 Å². The van der Waals surface area contributed by atoms with Crippen molar-refractivity contribution >= 4 is 22.1 Å². The van der Waals surface area contributed by atoms with Crippen molar-refractivity contribution < 1.29 is 27.9 Å². The minimum Gasteiger partial charge on any atom is -0.480 e. The van der Waals surface area contributed by atoms with Crippen LogP contribution >= 0.6 is 0 Å². The molecule has 0 fully saturated rings. The van der Waals surface area contributed by atoms with Gasteiger partial charge < -0.3 is 15.6 Å². The van der Waals surface area contributed by atoms with Crippen LogP contribution < -0.4 is 5.73 Å². The van der Waals surface area contributed by atoms with Crippen molar-refractivity contribution in [2.75, 3.05) is 13.2 Å². The minimum absolute atomic E-state index is 0.0200. The second-order valence-corrected chi connectivity index (χ2v) is 8.54. The molecule has 152 valence electrons. The Morgan fingerprint density at radius 3 is 2.26 bits per heavy atom. The molecule has 0 aliphatic heterocycles. The zero-order valence-corrected chi connectivity index (χ0v) is 16.7. The molecule has 8 nitrogen and oxygen atoms in total. The predicted molar refractivity (Wildman–Crippen MR) is 101 cm³/mol. The summed E-state index contributed by atoms with van der Waals surface area (Å²) < 4.78 is 31.5. The molecule has 0 aromatic heterocycles. The monoisotopic (exact) mass is 400 g/mol. The second-order valence-electron chi connectivity index (χ2n) is 6.72. The molecule has 1 aromatic carbocycles. The number of benzene rings is 1. The van der Waals surface area contributed by atoms with Crippen LogP contribution in [0.3, 0.4) is 0 Å². The smallest absolute Gasteiger partial charge is 0.424 e. The Balaban J connectivity index is 3.31. The van der Waals surface area contributed by atoms with Gasteiger partial charge in [0, 0.05) is 0 Å². The molecule has 0 saturated carbocycles. The molecule has 0 unspecified atom stereocenters. The van der Waals surface area contributed by atoms with Gasteiger partial charge in [-0.15, -0.1) is 0 Å². The van der Waals surface area contributed by atoms with Crippen LogP contribution in [0.1, 0.15) is 38.7 Å². The molecule has 0 heterocycles. The molecule has 0 saturated heterocycles. The number of nitrogens with zero attached hydrogens (tertiary/aromatic N) is 1. The van der Waals surface area contributed by atoms with Crippen LogP contribution in [0.15, 0.2) is 29.2 Å². The molecule has 9 heteroatoms. The molecule has 0 bridgehead atoms. The van der Waals surface area contributed by atoms with E-state index in [1.807, 2.05) is 0 Å². The Bertz CT molecular complexity index is 731. The van der Waals surface area contributed by atoms with Crippen molar-refractivity contribution in [3.05, 3.63) is 29.8 Å². The third-order valence-electron chi connectivity index (χ3n) is 3.80. The summed E-state index contributed by atoms with van der Waals surface area (Å²) in [5.41, 5.74) is 6.26. The first-order valence-electron chi connectivity index (χ1n) is 8.82. The third kappa shape index (κ3) is 6.51. The number of aliphatic carboxylic acids is 1. The number of hydrogen-bond donors (Lipinski definition) is 2. The first-order valence-corrected chi connectivity index (χ1v) is 10.3. The summed E-state index contributed by atoms with van der Waals surface area (Å²) >= 11 is 0. The molecule has 1 aromatic rings. The van der Waals surface area contributed by atoms with Gasteiger partial charge in [0.15, 0.2) is 0 Å². The van der Waals surface area contributed by atoms with Crippen molar-refractivity contribution in [3.63, 3.8) is 0 Å². The molecule has 3 N–H and O–H groups in total. The lowest BCUT2D eigenvalue weighted by molar-refractivity contribution is -0.141. The Hall–Kier alpha value is -2.13. The van der Waals surface area contributed by atoms with Gasteiger partial charge >= 0.3 is 12.1 Å². The fourth-order valence-corrected chi connectivity index (χ4v) is 3.83. The number of amides is 1. The summed E-state index contributed by atoms with van der Waals surface area (Å²) in [7, 11) is -4.40. The van der Waals surface area contributed by atoms with Crippen molar-refractivity contribution in [1.82, 2.24) is 4.31 Å². The molecule has 1 rings (SSSR count). The number of unbranched alkanes of at least 4 members (excludes halogenated alkanes) is 1. The van der Waals surface area contributed by atoms with Gasteiger partial charge in [0.1, 0.15) is 6.04 Å². The average Bonchev–Trinajstić information content (AvgIpc) is 2.59.